The zero-order valence-electron chi connectivity index (χ0n) is 12.1. The first kappa shape index (κ1) is 14.1. The Morgan fingerprint density at radius 3 is 2.65 bits per heavy atom. The highest BCUT2D eigenvalue weighted by Crippen LogP contribution is 2.29. The third-order valence-corrected chi connectivity index (χ3v) is 3.18. The molecule has 1 aromatic carbocycles. The quantitative estimate of drug-likeness (QED) is 0.931. The lowest BCUT2D eigenvalue weighted by Gasteiger charge is -2.10. The van der Waals surface area contributed by atoms with Gasteiger partial charge in [-0.1, -0.05) is 0 Å². The van der Waals surface area contributed by atoms with Crippen molar-refractivity contribution < 1.29 is 14.6 Å². The highest BCUT2D eigenvalue weighted by Gasteiger charge is 2.21. The smallest absolute Gasteiger partial charge is 0.339 e. The largest absolute Gasteiger partial charge is 0.494 e. The number of rotatable bonds is 4. The van der Waals surface area contributed by atoms with E-state index in [4.69, 9.17) is 4.74 Å². The summed E-state index contributed by atoms with van der Waals surface area (Å²) >= 11 is 0. The van der Waals surface area contributed by atoms with Gasteiger partial charge in [0.2, 0.25) is 0 Å². The summed E-state index contributed by atoms with van der Waals surface area (Å²) in [5.74, 6) is -0.149. The van der Waals surface area contributed by atoms with E-state index >= 15 is 0 Å². The molecule has 0 radical (unpaired) electrons. The van der Waals surface area contributed by atoms with Crippen LogP contribution in [0.15, 0.2) is 18.2 Å². The maximum Gasteiger partial charge on any atom is 0.339 e. The molecule has 0 spiro atoms. The number of aromatic nitrogens is 2. The lowest BCUT2D eigenvalue weighted by atomic mass is 10.0. The van der Waals surface area contributed by atoms with Gasteiger partial charge in [0.25, 0.3) is 0 Å². The van der Waals surface area contributed by atoms with Crippen molar-refractivity contribution >= 4 is 5.97 Å². The number of hydrogen-bond donors (Lipinski definition) is 1. The third-order valence-electron chi connectivity index (χ3n) is 3.18. The molecule has 1 N–H and O–H groups in total. The van der Waals surface area contributed by atoms with Crippen LogP contribution in [0.3, 0.4) is 0 Å². The van der Waals surface area contributed by atoms with Crippen molar-refractivity contribution in [3.8, 4) is 17.0 Å². The van der Waals surface area contributed by atoms with Crippen LogP contribution in [-0.4, -0.2) is 27.5 Å². The van der Waals surface area contributed by atoms with Crippen molar-refractivity contribution in [2.75, 3.05) is 6.61 Å². The Balaban J connectivity index is 2.57. The Bertz CT molecular complexity index is 659. The van der Waals surface area contributed by atoms with Crippen LogP contribution in [0.1, 0.15) is 28.5 Å². The highest BCUT2D eigenvalue weighted by molar-refractivity contribution is 5.96. The third kappa shape index (κ3) is 2.39. The second kappa shape index (κ2) is 5.36. The average Bonchev–Trinajstić information content (AvgIpc) is 2.67. The fraction of sp³-hybridized carbons (Fsp3) is 0.333. The molecule has 0 aliphatic heterocycles. The molecule has 5 nitrogen and oxygen atoms in total. The number of aromatic carboxylic acids is 1. The van der Waals surface area contributed by atoms with E-state index in [-0.39, 0.29) is 5.56 Å². The molecule has 1 aromatic heterocycles. The van der Waals surface area contributed by atoms with Gasteiger partial charge in [-0.05, 0) is 44.5 Å². The number of benzene rings is 1. The van der Waals surface area contributed by atoms with E-state index in [9.17, 15) is 9.90 Å². The van der Waals surface area contributed by atoms with E-state index in [0.29, 0.717) is 18.0 Å². The van der Waals surface area contributed by atoms with Gasteiger partial charge in [-0.25, -0.2) is 4.79 Å². The van der Waals surface area contributed by atoms with Crippen molar-refractivity contribution in [3.63, 3.8) is 0 Å². The van der Waals surface area contributed by atoms with E-state index in [1.54, 1.807) is 18.7 Å². The molecule has 106 valence electrons. The normalized spacial score (nSPS) is 10.6. The minimum atomic E-state index is -0.961. The first-order valence-corrected chi connectivity index (χ1v) is 6.46. The van der Waals surface area contributed by atoms with Crippen LogP contribution in [0.5, 0.6) is 5.75 Å². The Morgan fingerprint density at radius 2 is 2.10 bits per heavy atom. The predicted molar refractivity (Wildman–Crippen MR) is 76.2 cm³/mol. The van der Waals surface area contributed by atoms with E-state index in [1.165, 1.54) is 0 Å². The van der Waals surface area contributed by atoms with Gasteiger partial charge in [0.15, 0.2) is 0 Å². The summed E-state index contributed by atoms with van der Waals surface area (Å²) in [6.45, 7) is 6.18. The summed E-state index contributed by atoms with van der Waals surface area (Å²) in [4.78, 5) is 11.4. The SMILES string of the molecule is CCOc1ccc(-c2c(C(=O)O)c(C)nn2C)cc1C. The summed E-state index contributed by atoms with van der Waals surface area (Å²) in [7, 11) is 1.75. The molecule has 2 aromatic rings. The summed E-state index contributed by atoms with van der Waals surface area (Å²) in [5.41, 5.74) is 3.17. The van der Waals surface area contributed by atoms with E-state index < -0.39 is 5.97 Å². The van der Waals surface area contributed by atoms with Crippen LogP contribution in [0.25, 0.3) is 11.3 Å². The number of aryl methyl sites for hydroxylation is 3. The van der Waals surface area contributed by atoms with E-state index in [2.05, 4.69) is 5.10 Å². The molecule has 0 saturated carbocycles. The first-order valence-electron chi connectivity index (χ1n) is 6.46. The Kier molecular flexibility index (Phi) is 3.79. The molecule has 0 aliphatic carbocycles. The van der Waals surface area contributed by atoms with Gasteiger partial charge < -0.3 is 9.84 Å². The van der Waals surface area contributed by atoms with Gasteiger partial charge in [-0.2, -0.15) is 5.10 Å². The van der Waals surface area contributed by atoms with Crippen LogP contribution in [0.2, 0.25) is 0 Å². The monoisotopic (exact) mass is 274 g/mol. The molecule has 5 heteroatoms. The molecule has 20 heavy (non-hydrogen) atoms. The number of carbonyl (C=O) groups is 1. The maximum atomic E-state index is 11.4. The van der Waals surface area contributed by atoms with Gasteiger partial charge in [-0.15, -0.1) is 0 Å². The molecular formula is C15H18N2O3. The van der Waals surface area contributed by atoms with Crippen LogP contribution in [-0.2, 0) is 7.05 Å². The molecule has 1 heterocycles. The lowest BCUT2D eigenvalue weighted by Crippen LogP contribution is -2.02. The number of nitrogens with zero attached hydrogens (tertiary/aromatic N) is 2. The molecule has 0 saturated heterocycles. The summed E-state index contributed by atoms with van der Waals surface area (Å²) in [6, 6.07) is 5.65. The average molecular weight is 274 g/mol. The Labute approximate surface area is 117 Å². The molecule has 0 fully saturated rings. The van der Waals surface area contributed by atoms with Crippen LogP contribution < -0.4 is 4.74 Å². The molecule has 0 unspecified atom stereocenters. The predicted octanol–water partition coefficient (Wildman–Crippen LogP) is 2.80. The number of hydrogen-bond acceptors (Lipinski definition) is 3. The summed E-state index contributed by atoms with van der Waals surface area (Å²) < 4.78 is 7.11. The maximum absolute atomic E-state index is 11.4. The number of carboxylic acid groups (broad SMARTS) is 1. The molecule has 0 aliphatic rings. The topological polar surface area (TPSA) is 64.3 Å². The second-order valence-corrected chi connectivity index (χ2v) is 4.65. The van der Waals surface area contributed by atoms with E-state index in [1.807, 2.05) is 32.0 Å². The fourth-order valence-corrected chi connectivity index (χ4v) is 2.36. The van der Waals surface area contributed by atoms with Crippen LogP contribution in [0, 0.1) is 13.8 Å². The Hall–Kier alpha value is -2.30. The van der Waals surface area contributed by atoms with Gasteiger partial charge in [0.05, 0.1) is 18.0 Å². The van der Waals surface area contributed by atoms with Crippen LogP contribution in [0.4, 0.5) is 0 Å². The van der Waals surface area contributed by atoms with Gasteiger partial charge in [0.1, 0.15) is 11.3 Å². The summed E-state index contributed by atoms with van der Waals surface area (Å²) in [6.07, 6.45) is 0. The van der Waals surface area contributed by atoms with E-state index in [0.717, 1.165) is 16.9 Å². The number of carboxylic acids is 1. The second-order valence-electron chi connectivity index (χ2n) is 4.65. The molecule has 0 bridgehead atoms. The molecular weight excluding hydrogens is 256 g/mol. The lowest BCUT2D eigenvalue weighted by molar-refractivity contribution is 0.0697. The summed E-state index contributed by atoms with van der Waals surface area (Å²) in [5, 5.41) is 13.6. The fourth-order valence-electron chi connectivity index (χ4n) is 2.36. The van der Waals surface area contributed by atoms with Gasteiger partial charge in [0, 0.05) is 12.6 Å². The standard InChI is InChI=1S/C15H18N2O3/c1-5-20-12-7-6-11(8-9(12)2)14-13(15(18)19)10(3)16-17(14)4/h6-8H,5H2,1-4H3,(H,18,19). The van der Waals surface area contributed by atoms with Crippen LogP contribution >= 0.6 is 0 Å². The van der Waals surface area contributed by atoms with Crippen molar-refractivity contribution in [1.29, 1.82) is 0 Å². The van der Waals surface area contributed by atoms with Crippen molar-refractivity contribution in [2.24, 2.45) is 7.05 Å². The minimum Gasteiger partial charge on any atom is -0.494 e. The van der Waals surface area contributed by atoms with Crippen molar-refractivity contribution in [3.05, 3.63) is 35.0 Å². The minimum absolute atomic E-state index is 0.246. The zero-order valence-corrected chi connectivity index (χ0v) is 12.1. The number of ether oxygens (including phenoxy) is 1. The highest BCUT2D eigenvalue weighted by atomic mass is 16.5. The zero-order chi connectivity index (χ0) is 14.9. The first-order chi connectivity index (χ1) is 9.45. The molecule has 0 atom stereocenters. The van der Waals surface area contributed by atoms with Crippen molar-refractivity contribution in [2.45, 2.75) is 20.8 Å². The Morgan fingerprint density at radius 1 is 1.40 bits per heavy atom. The van der Waals surface area contributed by atoms with Crippen molar-refractivity contribution in [1.82, 2.24) is 9.78 Å². The van der Waals surface area contributed by atoms with Gasteiger partial charge in [-0.3, -0.25) is 4.68 Å². The van der Waals surface area contributed by atoms with Gasteiger partial charge >= 0.3 is 5.97 Å². The molecule has 2 rings (SSSR count). The molecule has 0 amide bonds.